The summed E-state index contributed by atoms with van der Waals surface area (Å²) >= 11 is 3.41. The molecule has 0 saturated heterocycles. The Hall–Kier alpha value is -1.61. The SMILES string of the molecule is Cc1cccc(C(Cc2cccc(Br)c2)C(=O)O)c1. The average molecular weight is 319 g/mol. The maximum Gasteiger partial charge on any atom is 0.311 e. The highest BCUT2D eigenvalue weighted by atomic mass is 79.9. The predicted octanol–water partition coefficient (Wildman–Crippen LogP) is 4.17. The van der Waals surface area contributed by atoms with Crippen molar-refractivity contribution in [2.24, 2.45) is 0 Å². The van der Waals surface area contributed by atoms with Gasteiger partial charge in [0, 0.05) is 4.47 Å². The van der Waals surface area contributed by atoms with Gasteiger partial charge in [-0.15, -0.1) is 0 Å². The minimum Gasteiger partial charge on any atom is -0.481 e. The van der Waals surface area contributed by atoms with Gasteiger partial charge in [-0.1, -0.05) is 57.9 Å². The summed E-state index contributed by atoms with van der Waals surface area (Å²) in [5, 5.41) is 9.44. The van der Waals surface area contributed by atoms with Crippen LogP contribution >= 0.6 is 15.9 Å². The normalized spacial score (nSPS) is 12.1. The number of carbonyl (C=O) groups is 1. The van der Waals surface area contributed by atoms with Crippen LogP contribution in [0.3, 0.4) is 0 Å². The molecule has 2 aromatic rings. The van der Waals surface area contributed by atoms with Gasteiger partial charge in [-0.25, -0.2) is 0 Å². The minimum atomic E-state index is -0.787. The third-order valence-corrected chi connectivity index (χ3v) is 3.56. The van der Waals surface area contributed by atoms with E-state index >= 15 is 0 Å². The predicted molar refractivity (Wildman–Crippen MR) is 79.4 cm³/mol. The number of halogens is 1. The van der Waals surface area contributed by atoms with E-state index in [2.05, 4.69) is 15.9 Å². The Morgan fingerprint density at radius 2 is 1.95 bits per heavy atom. The highest BCUT2D eigenvalue weighted by Crippen LogP contribution is 2.23. The third kappa shape index (κ3) is 3.67. The molecule has 0 aliphatic heterocycles. The lowest BCUT2D eigenvalue weighted by molar-refractivity contribution is -0.138. The van der Waals surface area contributed by atoms with Crippen LogP contribution in [0.25, 0.3) is 0 Å². The van der Waals surface area contributed by atoms with E-state index in [0.717, 1.165) is 21.2 Å². The standard InChI is InChI=1S/C16H15BrO2/c1-11-4-2-6-13(8-11)15(16(18)19)10-12-5-3-7-14(17)9-12/h2-9,15H,10H2,1H3,(H,18,19). The molecule has 2 rings (SSSR count). The van der Waals surface area contributed by atoms with E-state index in [1.54, 1.807) is 0 Å². The van der Waals surface area contributed by atoms with Crippen LogP contribution in [-0.4, -0.2) is 11.1 Å². The minimum absolute atomic E-state index is 0.498. The number of hydrogen-bond donors (Lipinski definition) is 1. The number of rotatable bonds is 4. The van der Waals surface area contributed by atoms with Crippen LogP contribution in [-0.2, 0) is 11.2 Å². The Morgan fingerprint density at radius 1 is 1.21 bits per heavy atom. The Kier molecular flexibility index (Phi) is 4.38. The summed E-state index contributed by atoms with van der Waals surface area (Å²) in [6, 6.07) is 15.5. The van der Waals surface area contributed by atoms with Gasteiger partial charge in [-0.2, -0.15) is 0 Å². The Bertz CT molecular complexity index is 593. The molecule has 3 heteroatoms. The van der Waals surface area contributed by atoms with Gasteiger partial charge in [0.1, 0.15) is 0 Å². The Labute approximate surface area is 121 Å². The largest absolute Gasteiger partial charge is 0.481 e. The van der Waals surface area contributed by atoms with E-state index in [9.17, 15) is 9.90 Å². The molecule has 98 valence electrons. The van der Waals surface area contributed by atoms with Crippen LogP contribution in [0, 0.1) is 6.92 Å². The van der Waals surface area contributed by atoms with Crippen LogP contribution in [0.5, 0.6) is 0 Å². The van der Waals surface area contributed by atoms with Crippen molar-refractivity contribution >= 4 is 21.9 Å². The second-order valence-corrected chi connectivity index (χ2v) is 5.55. The monoisotopic (exact) mass is 318 g/mol. The third-order valence-electron chi connectivity index (χ3n) is 3.07. The summed E-state index contributed by atoms with van der Waals surface area (Å²) in [4.78, 5) is 11.5. The summed E-state index contributed by atoms with van der Waals surface area (Å²) in [6.07, 6.45) is 0.498. The molecule has 0 aromatic heterocycles. The van der Waals surface area contributed by atoms with E-state index in [1.165, 1.54) is 0 Å². The van der Waals surface area contributed by atoms with Gasteiger partial charge in [-0.05, 0) is 36.6 Å². The van der Waals surface area contributed by atoms with Gasteiger partial charge in [0.2, 0.25) is 0 Å². The van der Waals surface area contributed by atoms with Crippen LogP contribution in [0.1, 0.15) is 22.6 Å². The maximum absolute atomic E-state index is 11.5. The van der Waals surface area contributed by atoms with E-state index in [-0.39, 0.29) is 0 Å². The second kappa shape index (κ2) is 6.02. The van der Waals surface area contributed by atoms with Crippen molar-refractivity contribution in [3.63, 3.8) is 0 Å². The van der Waals surface area contributed by atoms with Crippen LogP contribution < -0.4 is 0 Å². The summed E-state index contributed by atoms with van der Waals surface area (Å²) in [5.41, 5.74) is 2.95. The molecule has 1 unspecified atom stereocenters. The van der Waals surface area contributed by atoms with E-state index < -0.39 is 11.9 Å². The van der Waals surface area contributed by atoms with Crippen molar-refractivity contribution in [3.8, 4) is 0 Å². The first-order valence-corrected chi connectivity index (χ1v) is 6.89. The fraction of sp³-hybridized carbons (Fsp3) is 0.188. The molecule has 0 saturated carbocycles. The maximum atomic E-state index is 11.5. The Morgan fingerprint density at radius 3 is 2.58 bits per heavy atom. The number of carboxylic acid groups (broad SMARTS) is 1. The number of aryl methyl sites for hydroxylation is 1. The first kappa shape index (κ1) is 13.8. The van der Waals surface area contributed by atoms with Crippen molar-refractivity contribution in [2.75, 3.05) is 0 Å². The molecule has 0 heterocycles. The van der Waals surface area contributed by atoms with Crippen molar-refractivity contribution in [3.05, 3.63) is 69.7 Å². The number of hydrogen-bond acceptors (Lipinski definition) is 1. The molecule has 1 atom stereocenters. The number of aliphatic carboxylic acids is 1. The lowest BCUT2D eigenvalue weighted by Gasteiger charge is -2.13. The highest BCUT2D eigenvalue weighted by molar-refractivity contribution is 9.10. The van der Waals surface area contributed by atoms with Crippen LogP contribution in [0.4, 0.5) is 0 Å². The number of benzene rings is 2. The van der Waals surface area contributed by atoms with Gasteiger partial charge >= 0.3 is 5.97 Å². The first-order chi connectivity index (χ1) is 9.06. The molecule has 1 N–H and O–H groups in total. The zero-order valence-corrected chi connectivity index (χ0v) is 12.2. The summed E-state index contributed by atoms with van der Waals surface area (Å²) in [6.45, 7) is 1.97. The van der Waals surface area contributed by atoms with Crippen LogP contribution in [0.2, 0.25) is 0 Å². The molecule has 0 fully saturated rings. The second-order valence-electron chi connectivity index (χ2n) is 4.64. The van der Waals surface area contributed by atoms with Crippen molar-refractivity contribution in [1.82, 2.24) is 0 Å². The summed E-state index contributed by atoms with van der Waals surface area (Å²) in [7, 11) is 0. The fourth-order valence-electron chi connectivity index (χ4n) is 2.13. The van der Waals surface area contributed by atoms with Gasteiger partial charge in [0.05, 0.1) is 5.92 Å². The molecule has 0 bridgehead atoms. The van der Waals surface area contributed by atoms with E-state index in [1.807, 2.05) is 55.5 Å². The van der Waals surface area contributed by atoms with Crippen molar-refractivity contribution < 1.29 is 9.90 Å². The molecule has 0 spiro atoms. The van der Waals surface area contributed by atoms with Crippen molar-refractivity contribution in [1.29, 1.82) is 0 Å². The zero-order chi connectivity index (χ0) is 13.8. The smallest absolute Gasteiger partial charge is 0.311 e. The fourth-order valence-corrected chi connectivity index (χ4v) is 2.58. The lowest BCUT2D eigenvalue weighted by Crippen LogP contribution is -2.14. The highest BCUT2D eigenvalue weighted by Gasteiger charge is 2.20. The van der Waals surface area contributed by atoms with E-state index in [4.69, 9.17) is 0 Å². The van der Waals surface area contributed by atoms with Gasteiger partial charge in [-0.3, -0.25) is 4.79 Å². The van der Waals surface area contributed by atoms with Gasteiger partial charge in [0.15, 0.2) is 0 Å². The molecular formula is C16H15BrO2. The quantitative estimate of drug-likeness (QED) is 0.918. The molecule has 19 heavy (non-hydrogen) atoms. The number of carboxylic acids is 1. The molecule has 0 amide bonds. The molecule has 2 aromatic carbocycles. The van der Waals surface area contributed by atoms with E-state index in [0.29, 0.717) is 6.42 Å². The summed E-state index contributed by atoms with van der Waals surface area (Å²) < 4.78 is 0.971. The molecule has 2 nitrogen and oxygen atoms in total. The summed E-state index contributed by atoms with van der Waals surface area (Å²) in [5.74, 6) is -1.29. The molecule has 0 aliphatic carbocycles. The molecule has 0 aliphatic rings. The van der Waals surface area contributed by atoms with Gasteiger partial charge in [0.25, 0.3) is 0 Å². The lowest BCUT2D eigenvalue weighted by atomic mass is 9.91. The van der Waals surface area contributed by atoms with Crippen LogP contribution in [0.15, 0.2) is 53.0 Å². The first-order valence-electron chi connectivity index (χ1n) is 6.10. The molecule has 0 radical (unpaired) electrons. The average Bonchev–Trinajstić information content (AvgIpc) is 2.35. The zero-order valence-electron chi connectivity index (χ0n) is 10.6. The topological polar surface area (TPSA) is 37.3 Å². The Balaban J connectivity index is 2.29. The van der Waals surface area contributed by atoms with Gasteiger partial charge < -0.3 is 5.11 Å². The molecular weight excluding hydrogens is 304 g/mol. The van der Waals surface area contributed by atoms with Crippen molar-refractivity contribution in [2.45, 2.75) is 19.3 Å².